The highest BCUT2D eigenvalue weighted by Gasteiger charge is 2.10. The summed E-state index contributed by atoms with van der Waals surface area (Å²) in [4.78, 5) is 8.67. The molecule has 0 aliphatic carbocycles. The van der Waals surface area contributed by atoms with Gasteiger partial charge in [0.15, 0.2) is 0 Å². The molecule has 2 N–H and O–H groups in total. The van der Waals surface area contributed by atoms with E-state index in [0.717, 1.165) is 23.0 Å². The first kappa shape index (κ1) is 17.2. The molecule has 0 bridgehead atoms. The third-order valence-electron chi connectivity index (χ3n) is 3.70. The number of anilines is 3. The Morgan fingerprint density at radius 2 is 1.88 bits per heavy atom. The molecule has 1 aromatic carbocycles. The standard InChI is InChI=1S/C18H20N4O2S/c1-2-3-12-25(23,24)22-15-9-10-17(20-13-15)21-16-8-4-6-14-7-5-11-19-18(14)16/h4-11,13,22H,2-3,12H2,1H3,(H,20,21). The molecule has 7 heteroatoms. The minimum Gasteiger partial charge on any atom is -0.338 e. The number of pyridine rings is 2. The van der Waals surface area contributed by atoms with Crippen LogP contribution >= 0.6 is 0 Å². The van der Waals surface area contributed by atoms with Crippen molar-refractivity contribution in [2.24, 2.45) is 0 Å². The van der Waals surface area contributed by atoms with Gasteiger partial charge in [0.25, 0.3) is 0 Å². The molecule has 3 rings (SSSR count). The third-order valence-corrected chi connectivity index (χ3v) is 5.07. The lowest BCUT2D eigenvalue weighted by Crippen LogP contribution is -2.16. The first-order valence-corrected chi connectivity index (χ1v) is 9.80. The Bertz CT molecular complexity index is 951. The summed E-state index contributed by atoms with van der Waals surface area (Å²) >= 11 is 0. The molecule has 130 valence electrons. The van der Waals surface area contributed by atoms with Crippen molar-refractivity contribution < 1.29 is 8.42 Å². The van der Waals surface area contributed by atoms with Crippen LogP contribution in [0.15, 0.2) is 54.9 Å². The molecular formula is C18H20N4O2S. The van der Waals surface area contributed by atoms with Crippen molar-refractivity contribution in [2.45, 2.75) is 19.8 Å². The lowest BCUT2D eigenvalue weighted by Gasteiger charge is -2.10. The number of para-hydroxylation sites is 1. The summed E-state index contributed by atoms with van der Waals surface area (Å²) in [6.45, 7) is 1.96. The maximum Gasteiger partial charge on any atom is 0.232 e. The van der Waals surface area contributed by atoms with Gasteiger partial charge in [0.05, 0.1) is 28.8 Å². The van der Waals surface area contributed by atoms with Gasteiger partial charge in [-0.25, -0.2) is 13.4 Å². The highest BCUT2D eigenvalue weighted by molar-refractivity contribution is 7.92. The topological polar surface area (TPSA) is 84.0 Å². The minimum absolute atomic E-state index is 0.116. The maximum absolute atomic E-state index is 11.9. The maximum atomic E-state index is 11.9. The Hall–Kier alpha value is -2.67. The molecule has 2 heterocycles. The molecule has 6 nitrogen and oxygen atoms in total. The summed E-state index contributed by atoms with van der Waals surface area (Å²) in [5.74, 6) is 0.736. The number of rotatable bonds is 7. The molecule has 25 heavy (non-hydrogen) atoms. The highest BCUT2D eigenvalue weighted by atomic mass is 32.2. The first-order valence-electron chi connectivity index (χ1n) is 8.15. The predicted molar refractivity (Wildman–Crippen MR) is 102 cm³/mol. The van der Waals surface area contributed by atoms with Crippen LogP contribution in [0, 0.1) is 0 Å². The van der Waals surface area contributed by atoms with Crippen LogP contribution < -0.4 is 10.0 Å². The normalized spacial score (nSPS) is 11.4. The van der Waals surface area contributed by atoms with Crippen LogP contribution in [0.1, 0.15) is 19.8 Å². The van der Waals surface area contributed by atoms with Crippen molar-refractivity contribution in [3.05, 3.63) is 54.9 Å². The van der Waals surface area contributed by atoms with Crippen molar-refractivity contribution in [3.63, 3.8) is 0 Å². The van der Waals surface area contributed by atoms with Crippen LogP contribution in [-0.2, 0) is 10.0 Å². The molecule has 0 saturated heterocycles. The number of hydrogen-bond donors (Lipinski definition) is 2. The molecular weight excluding hydrogens is 336 g/mol. The van der Waals surface area contributed by atoms with E-state index in [1.165, 1.54) is 6.20 Å². The van der Waals surface area contributed by atoms with Crippen molar-refractivity contribution in [1.82, 2.24) is 9.97 Å². The van der Waals surface area contributed by atoms with Crippen LogP contribution in [0.3, 0.4) is 0 Å². The molecule has 0 amide bonds. The van der Waals surface area contributed by atoms with E-state index < -0.39 is 10.0 Å². The monoisotopic (exact) mass is 356 g/mol. The zero-order valence-corrected chi connectivity index (χ0v) is 14.8. The van der Waals surface area contributed by atoms with E-state index in [4.69, 9.17) is 0 Å². The summed E-state index contributed by atoms with van der Waals surface area (Å²) in [5, 5.41) is 4.26. The summed E-state index contributed by atoms with van der Waals surface area (Å²) in [6, 6.07) is 13.2. The Kier molecular flexibility index (Phi) is 5.14. The van der Waals surface area contributed by atoms with Gasteiger partial charge in [-0.3, -0.25) is 9.71 Å². The van der Waals surface area contributed by atoms with E-state index in [2.05, 4.69) is 20.0 Å². The van der Waals surface area contributed by atoms with Gasteiger partial charge < -0.3 is 5.32 Å². The van der Waals surface area contributed by atoms with Crippen molar-refractivity contribution in [1.29, 1.82) is 0 Å². The number of benzene rings is 1. The van der Waals surface area contributed by atoms with Gasteiger partial charge in [0.2, 0.25) is 10.0 Å². The second kappa shape index (κ2) is 7.48. The van der Waals surface area contributed by atoms with Gasteiger partial charge in [-0.1, -0.05) is 31.5 Å². The second-order valence-electron chi connectivity index (χ2n) is 5.71. The molecule has 0 saturated carbocycles. The molecule has 0 fully saturated rings. The molecule has 0 aliphatic rings. The van der Waals surface area contributed by atoms with E-state index in [1.54, 1.807) is 18.3 Å². The number of unbranched alkanes of at least 4 members (excludes halogenated alkanes) is 1. The highest BCUT2D eigenvalue weighted by Crippen LogP contribution is 2.24. The Labute approximate surface area is 147 Å². The molecule has 0 atom stereocenters. The molecule has 0 unspecified atom stereocenters. The van der Waals surface area contributed by atoms with Crippen LogP contribution in [0.5, 0.6) is 0 Å². The number of nitrogens with one attached hydrogen (secondary N) is 2. The van der Waals surface area contributed by atoms with Gasteiger partial charge in [-0.15, -0.1) is 0 Å². The summed E-state index contributed by atoms with van der Waals surface area (Å²) in [5.41, 5.74) is 2.16. The smallest absolute Gasteiger partial charge is 0.232 e. The number of sulfonamides is 1. The van der Waals surface area contributed by atoms with Gasteiger partial charge >= 0.3 is 0 Å². The third kappa shape index (κ3) is 4.45. The van der Waals surface area contributed by atoms with Crippen molar-refractivity contribution >= 4 is 38.1 Å². The number of hydrogen-bond acceptors (Lipinski definition) is 5. The Morgan fingerprint density at radius 1 is 1.04 bits per heavy atom. The number of nitrogens with zero attached hydrogens (tertiary/aromatic N) is 2. The fraction of sp³-hybridized carbons (Fsp3) is 0.222. The average Bonchev–Trinajstić information content (AvgIpc) is 2.62. The predicted octanol–water partition coefficient (Wildman–Crippen LogP) is 3.92. The van der Waals surface area contributed by atoms with Crippen molar-refractivity contribution in [3.8, 4) is 0 Å². The summed E-state index contributed by atoms with van der Waals surface area (Å²) < 4.78 is 26.4. The molecule has 3 aromatic rings. The van der Waals surface area contributed by atoms with E-state index in [0.29, 0.717) is 17.9 Å². The quantitative estimate of drug-likeness (QED) is 0.670. The van der Waals surface area contributed by atoms with Crippen LogP contribution in [0.25, 0.3) is 10.9 Å². The van der Waals surface area contributed by atoms with Crippen LogP contribution in [-0.4, -0.2) is 24.1 Å². The number of fused-ring (bicyclic) bond motifs is 1. The fourth-order valence-corrected chi connectivity index (χ4v) is 3.69. The van der Waals surface area contributed by atoms with E-state index in [-0.39, 0.29) is 5.75 Å². The largest absolute Gasteiger partial charge is 0.338 e. The van der Waals surface area contributed by atoms with Crippen molar-refractivity contribution in [2.75, 3.05) is 15.8 Å². The van der Waals surface area contributed by atoms with Crippen LogP contribution in [0.2, 0.25) is 0 Å². The fourth-order valence-electron chi connectivity index (χ4n) is 2.44. The van der Waals surface area contributed by atoms with Gasteiger partial charge in [0.1, 0.15) is 5.82 Å². The van der Waals surface area contributed by atoms with E-state index in [1.807, 2.05) is 37.3 Å². The molecule has 2 aromatic heterocycles. The average molecular weight is 356 g/mol. The van der Waals surface area contributed by atoms with Crippen LogP contribution in [0.4, 0.5) is 17.2 Å². The summed E-state index contributed by atoms with van der Waals surface area (Å²) in [7, 11) is -3.32. The molecule has 0 spiro atoms. The van der Waals surface area contributed by atoms with Gasteiger partial charge in [-0.2, -0.15) is 0 Å². The zero-order chi connectivity index (χ0) is 17.7. The van der Waals surface area contributed by atoms with E-state index in [9.17, 15) is 8.42 Å². The SMILES string of the molecule is CCCCS(=O)(=O)Nc1ccc(Nc2cccc3cccnc23)nc1. The minimum atomic E-state index is -3.32. The lowest BCUT2D eigenvalue weighted by atomic mass is 10.2. The Balaban J connectivity index is 1.74. The lowest BCUT2D eigenvalue weighted by molar-refractivity contribution is 0.598. The van der Waals surface area contributed by atoms with Gasteiger partial charge in [-0.05, 0) is 30.7 Å². The Morgan fingerprint density at radius 3 is 2.64 bits per heavy atom. The zero-order valence-electron chi connectivity index (χ0n) is 13.9. The molecule has 0 radical (unpaired) electrons. The van der Waals surface area contributed by atoms with E-state index >= 15 is 0 Å². The summed E-state index contributed by atoms with van der Waals surface area (Å²) in [6.07, 6.45) is 4.72. The second-order valence-corrected chi connectivity index (χ2v) is 7.55. The first-order chi connectivity index (χ1) is 12.1. The molecule has 0 aliphatic heterocycles. The van der Waals surface area contributed by atoms with Gasteiger partial charge in [0, 0.05) is 11.6 Å². The number of aromatic nitrogens is 2.